The zero-order chi connectivity index (χ0) is 13.5. The number of aliphatic hydroxyl groups is 1. The molecule has 0 atom stereocenters. The molecule has 0 aromatic rings. The van der Waals surface area contributed by atoms with Crippen molar-refractivity contribution in [1.29, 1.82) is 0 Å². The van der Waals surface area contributed by atoms with Gasteiger partial charge in [0.05, 0.1) is 12.5 Å². The van der Waals surface area contributed by atoms with E-state index in [0.717, 1.165) is 13.0 Å². The molecule has 0 aliphatic heterocycles. The lowest BCUT2D eigenvalue weighted by Gasteiger charge is -2.34. The molecule has 2 aliphatic carbocycles. The van der Waals surface area contributed by atoms with Gasteiger partial charge < -0.3 is 9.84 Å². The van der Waals surface area contributed by atoms with Crippen molar-refractivity contribution < 1.29 is 9.84 Å². The molecule has 0 amide bonds. The molecule has 0 radical (unpaired) electrons. The molecule has 2 saturated carbocycles. The van der Waals surface area contributed by atoms with Crippen molar-refractivity contribution in [1.82, 2.24) is 0 Å². The van der Waals surface area contributed by atoms with Crippen LogP contribution in [0.3, 0.4) is 0 Å². The standard InChI is InChI=1S/C10H18.C4H6O.CH4O/c1-9(2)8-4-6-10(9,3)7-5-8;1-3-5-4-2;1-2/h8H,4-7H2,1-3H3;3-4H,1-2H2;2H,1H3. The van der Waals surface area contributed by atoms with Gasteiger partial charge in [-0.15, -0.1) is 0 Å². The molecule has 17 heavy (non-hydrogen) atoms. The lowest BCUT2D eigenvalue weighted by molar-refractivity contribution is 0.152. The van der Waals surface area contributed by atoms with E-state index in [2.05, 4.69) is 38.7 Å². The Morgan fingerprint density at radius 3 is 1.53 bits per heavy atom. The highest BCUT2D eigenvalue weighted by Crippen LogP contribution is 2.65. The summed E-state index contributed by atoms with van der Waals surface area (Å²) >= 11 is 0. The van der Waals surface area contributed by atoms with Gasteiger partial charge in [0.15, 0.2) is 0 Å². The largest absolute Gasteiger partial charge is 0.474 e. The van der Waals surface area contributed by atoms with Crippen molar-refractivity contribution in [3.05, 3.63) is 25.7 Å². The summed E-state index contributed by atoms with van der Waals surface area (Å²) in [6.07, 6.45) is 8.61. The van der Waals surface area contributed by atoms with Crippen LogP contribution in [0.25, 0.3) is 0 Å². The van der Waals surface area contributed by atoms with E-state index in [-0.39, 0.29) is 0 Å². The minimum absolute atomic E-state index is 0.660. The molecule has 2 bridgehead atoms. The maximum Gasteiger partial charge on any atom is 0.0829 e. The van der Waals surface area contributed by atoms with Gasteiger partial charge in [-0.1, -0.05) is 33.9 Å². The van der Waals surface area contributed by atoms with E-state index in [1.807, 2.05) is 0 Å². The summed E-state index contributed by atoms with van der Waals surface area (Å²) in [5.74, 6) is 1.05. The number of hydrogen-bond donors (Lipinski definition) is 1. The van der Waals surface area contributed by atoms with Crippen molar-refractivity contribution in [2.45, 2.75) is 46.5 Å². The summed E-state index contributed by atoms with van der Waals surface area (Å²) in [6, 6.07) is 0. The van der Waals surface area contributed by atoms with Crippen molar-refractivity contribution in [2.75, 3.05) is 7.11 Å². The third kappa shape index (κ3) is 3.35. The van der Waals surface area contributed by atoms with Crippen LogP contribution in [0.4, 0.5) is 0 Å². The molecule has 0 aromatic carbocycles. The first-order valence-electron chi connectivity index (χ1n) is 6.30. The molecular formula is C15H28O2. The minimum Gasteiger partial charge on any atom is -0.474 e. The minimum atomic E-state index is 0.660. The van der Waals surface area contributed by atoms with Crippen LogP contribution in [0.1, 0.15) is 46.5 Å². The van der Waals surface area contributed by atoms with Crippen LogP contribution in [-0.4, -0.2) is 12.2 Å². The van der Waals surface area contributed by atoms with Gasteiger partial charge in [-0.25, -0.2) is 0 Å². The molecule has 2 aliphatic rings. The van der Waals surface area contributed by atoms with E-state index >= 15 is 0 Å². The summed E-state index contributed by atoms with van der Waals surface area (Å²) in [5.41, 5.74) is 1.37. The number of ether oxygens (including phenoxy) is 1. The van der Waals surface area contributed by atoms with Crippen LogP contribution >= 0.6 is 0 Å². The first-order chi connectivity index (χ1) is 7.98. The van der Waals surface area contributed by atoms with Gasteiger partial charge in [0.1, 0.15) is 0 Å². The van der Waals surface area contributed by atoms with Gasteiger partial charge in [-0.05, 0) is 42.4 Å². The van der Waals surface area contributed by atoms with Crippen molar-refractivity contribution in [3.8, 4) is 0 Å². The van der Waals surface area contributed by atoms with Gasteiger partial charge in [0, 0.05) is 7.11 Å². The van der Waals surface area contributed by atoms with Gasteiger partial charge in [0.2, 0.25) is 0 Å². The number of rotatable bonds is 2. The Morgan fingerprint density at radius 1 is 1.06 bits per heavy atom. The van der Waals surface area contributed by atoms with Crippen molar-refractivity contribution in [2.24, 2.45) is 16.7 Å². The van der Waals surface area contributed by atoms with E-state index in [9.17, 15) is 0 Å². The van der Waals surface area contributed by atoms with Crippen LogP contribution in [0.2, 0.25) is 0 Å². The van der Waals surface area contributed by atoms with E-state index in [0.29, 0.717) is 10.8 Å². The Kier molecular flexibility index (Phi) is 6.54. The van der Waals surface area contributed by atoms with Crippen LogP contribution in [-0.2, 0) is 4.74 Å². The van der Waals surface area contributed by atoms with Crippen LogP contribution < -0.4 is 0 Å². The maximum atomic E-state index is 7.00. The van der Waals surface area contributed by atoms with E-state index in [1.165, 1.54) is 38.2 Å². The molecule has 0 unspecified atom stereocenters. The summed E-state index contributed by atoms with van der Waals surface area (Å²) in [4.78, 5) is 0. The molecule has 2 heteroatoms. The molecule has 0 aromatic heterocycles. The Hall–Kier alpha value is -0.760. The zero-order valence-corrected chi connectivity index (χ0v) is 11.8. The van der Waals surface area contributed by atoms with Gasteiger partial charge >= 0.3 is 0 Å². The predicted octanol–water partition coefficient (Wildman–Crippen LogP) is 4.12. The van der Waals surface area contributed by atoms with Crippen molar-refractivity contribution in [3.63, 3.8) is 0 Å². The fraction of sp³-hybridized carbons (Fsp3) is 0.733. The first-order valence-corrected chi connectivity index (χ1v) is 6.30. The highest BCUT2D eigenvalue weighted by molar-refractivity contribution is 5.05. The normalized spacial score (nSPS) is 31.5. The monoisotopic (exact) mass is 240 g/mol. The Bertz CT molecular complexity index is 227. The van der Waals surface area contributed by atoms with Gasteiger partial charge in [0.25, 0.3) is 0 Å². The summed E-state index contributed by atoms with van der Waals surface area (Å²) < 4.78 is 4.36. The molecule has 0 spiro atoms. The second-order valence-electron chi connectivity index (χ2n) is 5.53. The molecule has 2 fully saturated rings. The number of fused-ring (bicyclic) bond motifs is 2. The van der Waals surface area contributed by atoms with Gasteiger partial charge in [-0.3, -0.25) is 0 Å². The van der Waals surface area contributed by atoms with Crippen LogP contribution in [0.5, 0.6) is 0 Å². The van der Waals surface area contributed by atoms with Crippen LogP contribution in [0, 0.1) is 16.7 Å². The fourth-order valence-electron chi connectivity index (χ4n) is 3.18. The average Bonchev–Trinajstić information content (AvgIpc) is 2.68. The summed E-state index contributed by atoms with van der Waals surface area (Å²) in [5, 5.41) is 7.00. The second-order valence-corrected chi connectivity index (χ2v) is 5.53. The zero-order valence-electron chi connectivity index (χ0n) is 11.8. The molecule has 0 heterocycles. The van der Waals surface area contributed by atoms with E-state index in [4.69, 9.17) is 5.11 Å². The second kappa shape index (κ2) is 6.85. The predicted molar refractivity (Wildman–Crippen MR) is 73.5 cm³/mol. The highest BCUT2D eigenvalue weighted by atomic mass is 16.5. The fourth-order valence-corrected chi connectivity index (χ4v) is 3.18. The highest BCUT2D eigenvalue weighted by Gasteiger charge is 2.55. The number of hydrogen-bond acceptors (Lipinski definition) is 2. The Morgan fingerprint density at radius 2 is 1.47 bits per heavy atom. The Labute approximate surface area is 106 Å². The summed E-state index contributed by atoms with van der Waals surface area (Å²) in [6.45, 7) is 13.9. The third-order valence-corrected chi connectivity index (χ3v) is 4.86. The van der Waals surface area contributed by atoms with Crippen molar-refractivity contribution >= 4 is 0 Å². The molecular weight excluding hydrogens is 212 g/mol. The molecule has 100 valence electrons. The lowest BCUT2D eigenvalue weighted by Crippen LogP contribution is -2.26. The van der Waals surface area contributed by atoms with E-state index < -0.39 is 0 Å². The quantitative estimate of drug-likeness (QED) is 0.736. The molecule has 2 nitrogen and oxygen atoms in total. The van der Waals surface area contributed by atoms with E-state index in [1.54, 1.807) is 0 Å². The molecule has 0 saturated heterocycles. The molecule has 1 N–H and O–H groups in total. The smallest absolute Gasteiger partial charge is 0.0829 e. The topological polar surface area (TPSA) is 29.5 Å². The summed E-state index contributed by atoms with van der Waals surface area (Å²) in [7, 11) is 1.00. The average molecular weight is 240 g/mol. The first kappa shape index (κ1) is 16.2. The van der Waals surface area contributed by atoms with Crippen LogP contribution in [0.15, 0.2) is 25.7 Å². The SMILES string of the molecule is C=COC=C.CC12CCC(CC1)C2(C)C.CO. The van der Waals surface area contributed by atoms with Gasteiger partial charge in [-0.2, -0.15) is 0 Å². The number of aliphatic hydroxyl groups excluding tert-OH is 1. The molecule has 2 rings (SSSR count). The lowest BCUT2D eigenvalue weighted by atomic mass is 9.71. The Balaban J connectivity index is 0.000000315. The third-order valence-electron chi connectivity index (χ3n) is 4.86. The maximum absolute atomic E-state index is 7.00.